The normalized spacial score (nSPS) is 17.6. The van der Waals surface area contributed by atoms with Gasteiger partial charge in [-0.1, -0.05) is 23.2 Å². The van der Waals surface area contributed by atoms with Crippen molar-refractivity contribution in [1.29, 1.82) is 0 Å². The SMILES string of the molecule is Cl.Fc1c(Cl)ccc(Cl)c1[C@@H](CC(F)F)N1CCNCC1. The van der Waals surface area contributed by atoms with Crippen molar-refractivity contribution in [1.82, 2.24) is 10.2 Å². The third-order valence-electron chi connectivity index (χ3n) is 3.41. The summed E-state index contributed by atoms with van der Waals surface area (Å²) in [7, 11) is 0. The average molecular weight is 364 g/mol. The van der Waals surface area contributed by atoms with Crippen molar-refractivity contribution < 1.29 is 13.2 Å². The molecule has 1 heterocycles. The molecule has 120 valence electrons. The van der Waals surface area contributed by atoms with E-state index in [0.29, 0.717) is 26.2 Å². The van der Waals surface area contributed by atoms with E-state index in [2.05, 4.69) is 5.32 Å². The molecule has 0 spiro atoms. The molecule has 1 saturated heterocycles. The van der Waals surface area contributed by atoms with Crippen LogP contribution in [0.4, 0.5) is 13.2 Å². The average Bonchev–Trinajstić information content (AvgIpc) is 2.43. The molecule has 1 aliphatic heterocycles. The fourth-order valence-electron chi connectivity index (χ4n) is 2.46. The predicted molar refractivity (Wildman–Crippen MR) is 81.5 cm³/mol. The van der Waals surface area contributed by atoms with Gasteiger partial charge in [0.1, 0.15) is 5.82 Å². The van der Waals surface area contributed by atoms with Gasteiger partial charge in [-0.2, -0.15) is 0 Å². The van der Waals surface area contributed by atoms with Crippen LogP contribution in [0.2, 0.25) is 10.0 Å². The van der Waals surface area contributed by atoms with Gasteiger partial charge in [-0.15, -0.1) is 12.4 Å². The molecule has 1 fully saturated rings. The maximum Gasteiger partial charge on any atom is 0.240 e. The molecular formula is C13H16Cl3F3N2. The number of hydrogen-bond donors (Lipinski definition) is 1. The molecule has 0 unspecified atom stereocenters. The Hall–Kier alpha value is -0.200. The third-order valence-corrected chi connectivity index (χ3v) is 4.03. The van der Waals surface area contributed by atoms with Crippen LogP contribution in [0.15, 0.2) is 12.1 Å². The van der Waals surface area contributed by atoms with Crippen LogP contribution in [-0.4, -0.2) is 37.5 Å². The zero-order chi connectivity index (χ0) is 14.7. The maximum atomic E-state index is 14.2. The van der Waals surface area contributed by atoms with Gasteiger partial charge in [-0.3, -0.25) is 4.90 Å². The molecule has 2 nitrogen and oxygen atoms in total. The van der Waals surface area contributed by atoms with Gasteiger partial charge in [-0.05, 0) is 12.1 Å². The van der Waals surface area contributed by atoms with Crippen LogP contribution in [0.25, 0.3) is 0 Å². The summed E-state index contributed by atoms with van der Waals surface area (Å²) in [5.41, 5.74) is 0.0707. The minimum absolute atomic E-state index is 0. The highest BCUT2D eigenvalue weighted by atomic mass is 35.5. The summed E-state index contributed by atoms with van der Waals surface area (Å²) in [6, 6.07) is 2.02. The standard InChI is InChI=1S/C13H15Cl2F3N2.ClH/c14-8-1-2-9(15)13(18)12(8)10(7-11(16)17)20-5-3-19-4-6-20;/h1-2,10-11,19H,3-7H2;1H/t10-;/m1./s1. The van der Waals surface area contributed by atoms with E-state index in [-0.39, 0.29) is 28.0 Å². The molecule has 21 heavy (non-hydrogen) atoms. The molecule has 2 rings (SSSR count). The highest BCUT2D eigenvalue weighted by Crippen LogP contribution is 2.36. The minimum atomic E-state index is -2.54. The summed E-state index contributed by atoms with van der Waals surface area (Å²) in [6.07, 6.45) is -3.00. The number of hydrogen-bond acceptors (Lipinski definition) is 2. The number of benzene rings is 1. The number of piperazine rings is 1. The van der Waals surface area contributed by atoms with Crippen LogP contribution in [0.1, 0.15) is 18.0 Å². The summed E-state index contributed by atoms with van der Waals surface area (Å²) >= 11 is 11.8. The van der Waals surface area contributed by atoms with Crippen LogP contribution in [0, 0.1) is 5.82 Å². The fraction of sp³-hybridized carbons (Fsp3) is 0.538. The van der Waals surface area contributed by atoms with Gasteiger partial charge in [0, 0.05) is 49.2 Å². The van der Waals surface area contributed by atoms with Crippen LogP contribution in [-0.2, 0) is 0 Å². The van der Waals surface area contributed by atoms with Gasteiger partial charge in [-0.25, -0.2) is 13.2 Å². The van der Waals surface area contributed by atoms with E-state index in [9.17, 15) is 13.2 Å². The molecule has 1 aromatic carbocycles. The Morgan fingerprint density at radius 2 is 1.71 bits per heavy atom. The summed E-state index contributed by atoms with van der Waals surface area (Å²) in [4.78, 5) is 1.82. The number of rotatable bonds is 4. The predicted octanol–water partition coefficient (Wildman–Crippen LogP) is 4.16. The zero-order valence-electron chi connectivity index (χ0n) is 11.1. The van der Waals surface area contributed by atoms with E-state index < -0.39 is 24.7 Å². The summed E-state index contributed by atoms with van der Waals surface area (Å²) < 4.78 is 39.9. The van der Waals surface area contributed by atoms with E-state index in [1.165, 1.54) is 12.1 Å². The van der Waals surface area contributed by atoms with Crippen LogP contribution >= 0.6 is 35.6 Å². The molecule has 1 aliphatic rings. The Morgan fingerprint density at radius 3 is 2.29 bits per heavy atom. The zero-order valence-corrected chi connectivity index (χ0v) is 13.4. The lowest BCUT2D eigenvalue weighted by Crippen LogP contribution is -2.45. The first-order chi connectivity index (χ1) is 9.50. The van der Waals surface area contributed by atoms with Crippen LogP contribution < -0.4 is 5.32 Å². The molecule has 1 N–H and O–H groups in total. The Bertz CT molecular complexity index is 468. The highest BCUT2D eigenvalue weighted by molar-refractivity contribution is 6.33. The number of halogens is 6. The highest BCUT2D eigenvalue weighted by Gasteiger charge is 2.30. The van der Waals surface area contributed by atoms with Gasteiger partial charge in [0.25, 0.3) is 0 Å². The molecule has 8 heteroatoms. The van der Waals surface area contributed by atoms with Crippen molar-refractivity contribution in [3.63, 3.8) is 0 Å². The van der Waals surface area contributed by atoms with Crippen molar-refractivity contribution >= 4 is 35.6 Å². The molecular weight excluding hydrogens is 348 g/mol. The second kappa shape index (κ2) is 8.44. The van der Waals surface area contributed by atoms with Crippen molar-refractivity contribution in [3.05, 3.63) is 33.6 Å². The second-order valence-corrected chi connectivity index (χ2v) is 5.50. The molecule has 0 aromatic heterocycles. The van der Waals surface area contributed by atoms with E-state index >= 15 is 0 Å². The van der Waals surface area contributed by atoms with E-state index in [1.807, 2.05) is 4.90 Å². The van der Waals surface area contributed by atoms with Gasteiger partial charge < -0.3 is 5.32 Å². The largest absolute Gasteiger partial charge is 0.314 e. The van der Waals surface area contributed by atoms with Gasteiger partial charge in [0.05, 0.1) is 5.02 Å². The third kappa shape index (κ3) is 4.63. The lowest BCUT2D eigenvalue weighted by atomic mass is 10.0. The first-order valence-electron chi connectivity index (χ1n) is 6.37. The molecule has 1 atom stereocenters. The van der Waals surface area contributed by atoms with Gasteiger partial charge in [0.2, 0.25) is 6.43 Å². The first-order valence-corrected chi connectivity index (χ1v) is 7.12. The van der Waals surface area contributed by atoms with E-state index in [1.54, 1.807) is 0 Å². The van der Waals surface area contributed by atoms with Gasteiger partial charge >= 0.3 is 0 Å². The van der Waals surface area contributed by atoms with E-state index in [4.69, 9.17) is 23.2 Å². The lowest BCUT2D eigenvalue weighted by Gasteiger charge is -2.35. The lowest BCUT2D eigenvalue weighted by molar-refractivity contribution is 0.0726. The van der Waals surface area contributed by atoms with Crippen molar-refractivity contribution in [2.24, 2.45) is 0 Å². The Labute approximate surface area is 138 Å². The van der Waals surface area contributed by atoms with E-state index in [0.717, 1.165) is 0 Å². The Kier molecular flexibility index (Phi) is 7.57. The monoisotopic (exact) mass is 362 g/mol. The topological polar surface area (TPSA) is 15.3 Å². The van der Waals surface area contributed by atoms with Crippen LogP contribution in [0.3, 0.4) is 0 Å². The molecule has 0 bridgehead atoms. The summed E-state index contributed by atoms with van der Waals surface area (Å²) in [5, 5.41) is 3.17. The summed E-state index contributed by atoms with van der Waals surface area (Å²) in [6.45, 7) is 2.50. The maximum absolute atomic E-state index is 14.2. The smallest absolute Gasteiger partial charge is 0.240 e. The molecule has 0 amide bonds. The van der Waals surface area contributed by atoms with Gasteiger partial charge in [0.15, 0.2) is 0 Å². The minimum Gasteiger partial charge on any atom is -0.314 e. The fourth-order valence-corrected chi connectivity index (χ4v) is 2.90. The Balaban J connectivity index is 0.00000220. The summed E-state index contributed by atoms with van der Waals surface area (Å²) in [5.74, 6) is -0.705. The van der Waals surface area contributed by atoms with Crippen LogP contribution in [0.5, 0.6) is 0 Å². The number of alkyl halides is 2. The molecule has 0 radical (unpaired) electrons. The van der Waals surface area contributed by atoms with Crippen molar-refractivity contribution in [2.75, 3.05) is 26.2 Å². The number of nitrogens with zero attached hydrogens (tertiary/aromatic N) is 1. The number of nitrogens with one attached hydrogen (secondary N) is 1. The second-order valence-electron chi connectivity index (χ2n) is 4.69. The molecule has 0 aliphatic carbocycles. The van der Waals surface area contributed by atoms with Crippen molar-refractivity contribution in [3.8, 4) is 0 Å². The Morgan fingerprint density at radius 1 is 1.14 bits per heavy atom. The quantitative estimate of drug-likeness (QED) is 0.808. The molecule has 1 aromatic rings. The first kappa shape index (κ1) is 18.8. The van der Waals surface area contributed by atoms with Crippen molar-refractivity contribution in [2.45, 2.75) is 18.9 Å². The molecule has 0 saturated carbocycles.